The second-order valence-corrected chi connectivity index (χ2v) is 4.25. The second-order valence-electron chi connectivity index (χ2n) is 2.68. The van der Waals surface area contributed by atoms with E-state index in [4.69, 9.17) is 11.6 Å². The molecule has 0 saturated carbocycles. The summed E-state index contributed by atoms with van der Waals surface area (Å²) in [6.07, 6.45) is 1.11. The normalized spacial score (nSPS) is 11.5. The average molecular weight is 328 g/mol. The summed E-state index contributed by atoms with van der Waals surface area (Å²) in [5.74, 6) is 0. The number of hydrogen-bond donors (Lipinski definition) is 0. The molecule has 0 aliphatic carbocycles. The number of nitrogens with zero attached hydrogens (tertiary/aromatic N) is 2. The summed E-state index contributed by atoms with van der Waals surface area (Å²) in [6.45, 7) is -2.57. The van der Waals surface area contributed by atoms with Crippen LogP contribution < -0.4 is 0 Å². The predicted octanol–water partition coefficient (Wildman–Crippen LogP) is 3.69. The SMILES string of the molecule is FC(F)n1cnc2cc(Cl)c(I)cc21. The van der Waals surface area contributed by atoms with Gasteiger partial charge in [-0.2, -0.15) is 8.78 Å². The molecule has 2 aromatic rings. The molecule has 6 heteroatoms. The molecule has 1 heterocycles. The topological polar surface area (TPSA) is 17.8 Å². The first kappa shape index (κ1) is 10.1. The number of halogens is 4. The van der Waals surface area contributed by atoms with Crippen molar-refractivity contribution < 1.29 is 8.78 Å². The van der Waals surface area contributed by atoms with Crippen molar-refractivity contribution in [3.05, 3.63) is 27.1 Å². The molecule has 0 aliphatic rings. The van der Waals surface area contributed by atoms with Gasteiger partial charge in [-0.05, 0) is 34.7 Å². The van der Waals surface area contributed by atoms with Gasteiger partial charge in [-0.25, -0.2) is 4.98 Å². The summed E-state index contributed by atoms with van der Waals surface area (Å²) in [7, 11) is 0. The first-order valence-corrected chi connectivity index (χ1v) is 5.15. The number of aromatic nitrogens is 2. The summed E-state index contributed by atoms with van der Waals surface area (Å²) in [6, 6.07) is 3.18. The Morgan fingerprint density at radius 3 is 2.79 bits per heavy atom. The van der Waals surface area contributed by atoms with Crippen molar-refractivity contribution in [1.29, 1.82) is 0 Å². The summed E-state index contributed by atoms with van der Waals surface area (Å²) in [5, 5.41) is 0.526. The van der Waals surface area contributed by atoms with Crippen molar-refractivity contribution in [3.63, 3.8) is 0 Å². The zero-order valence-corrected chi connectivity index (χ0v) is 9.63. The molecule has 0 amide bonds. The summed E-state index contributed by atoms with van der Waals surface area (Å²) >= 11 is 7.82. The molecule has 0 atom stereocenters. The molecule has 1 aromatic carbocycles. The molecule has 14 heavy (non-hydrogen) atoms. The maximum atomic E-state index is 12.5. The average Bonchev–Trinajstić information content (AvgIpc) is 2.48. The van der Waals surface area contributed by atoms with Gasteiger partial charge in [-0.3, -0.25) is 4.57 Å². The molecule has 0 aliphatic heterocycles. The Kier molecular flexibility index (Phi) is 2.61. The fourth-order valence-corrected chi connectivity index (χ4v) is 1.79. The van der Waals surface area contributed by atoms with Crippen LogP contribution in [-0.2, 0) is 0 Å². The van der Waals surface area contributed by atoms with Crippen molar-refractivity contribution in [2.45, 2.75) is 6.55 Å². The van der Waals surface area contributed by atoms with Crippen LogP contribution in [0.1, 0.15) is 6.55 Å². The van der Waals surface area contributed by atoms with Crippen molar-refractivity contribution in [2.75, 3.05) is 0 Å². The highest BCUT2D eigenvalue weighted by Gasteiger charge is 2.12. The highest BCUT2D eigenvalue weighted by atomic mass is 127. The van der Waals surface area contributed by atoms with Gasteiger partial charge in [0, 0.05) is 3.57 Å². The van der Waals surface area contributed by atoms with E-state index in [-0.39, 0.29) is 0 Å². The van der Waals surface area contributed by atoms with E-state index < -0.39 is 6.55 Å². The number of fused-ring (bicyclic) bond motifs is 1. The molecular weight excluding hydrogens is 324 g/mol. The van der Waals surface area contributed by atoms with E-state index in [2.05, 4.69) is 4.98 Å². The van der Waals surface area contributed by atoms with E-state index in [1.54, 1.807) is 12.1 Å². The van der Waals surface area contributed by atoms with Crippen molar-refractivity contribution >= 4 is 45.2 Å². The second kappa shape index (κ2) is 3.62. The molecule has 0 fully saturated rings. The summed E-state index contributed by atoms with van der Waals surface area (Å²) in [5.41, 5.74) is 0.879. The Morgan fingerprint density at radius 2 is 2.14 bits per heavy atom. The first-order chi connectivity index (χ1) is 6.59. The molecule has 0 saturated heterocycles. The quantitative estimate of drug-likeness (QED) is 0.730. The van der Waals surface area contributed by atoms with E-state index in [9.17, 15) is 8.78 Å². The van der Waals surface area contributed by atoms with Crippen molar-refractivity contribution in [3.8, 4) is 0 Å². The van der Waals surface area contributed by atoms with Crippen LogP contribution in [0.5, 0.6) is 0 Å². The number of hydrogen-bond acceptors (Lipinski definition) is 1. The van der Waals surface area contributed by atoms with Gasteiger partial charge >= 0.3 is 6.55 Å². The van der Waals surface area contributed by atoms with Gasteiger partial charge < -0.3 is 0 Å². The summed E-state index contributed by atoms with van der Waals surface area (Å²) in [4.78, 5) is 3.84. The fourth-order valence-electron chi connectivity index (χ4n) is 1.18. The molecule has 2 nitrogen and oxygen atoms in total. The predicted molar refractivity (Wildman–Crippen MR) is 58.7 cm³/mol. The van der Waals surface area contributed by atoms with Crippen LogP contribution in [0.3, 0.4) is 0 Å². The van der Waals surface area contributed by atoms with Gasteiger partial charge in [0.05, 0.1) is 16.1 Å². The molecule has 0 unspecified atom stereocenters. The maximum Gasteiger partial charge on any atom is 0.320 e. The van der Waals surface area contributed by atoms with Gasteiger partial charge in [0.15, 0.2) is 0 Å². The third-order valence-corrected chi connectivity index (χ3v) is 3.35. The Hall–Kier alpha value is -0.430. The van der Waals surface area contributed by atoms with E-state index in [0.717, 1.165) is 14.5 Å². The third-order valence-electron chi connectivity index (χ3n) is 1.83. The zero-order valence-electron chi connectivity index (χ0n) is 6.72. The molecule has 1 aromatic heterocycles. The summed E-state index contributed by atoms with van der Waals surface area (Å²) < 4.78 is 26.4. The number of benzene rings is 1. The van der Waals surface area contributed by atoms with Gasteiger partial charge in [0.2, 0.25) is 0 Å². The first-order valence-electron chi connectivity index (χ1n) is 3.69. The molecule has 2 rings (SSSR count). The highest BCUT2D eigenvalue weighted by molar-refractivity contribution is 14.1. The lowest BCUT2D eigenvalue weighted by Crippen LogP contribution is -1.95. The smallest absolute Gasteiger partial charge is 0.273 e. The van der Waals surface area contributed by atoms with Gasteiger partial charge in [-0.15, -0.1) is 0 Å². The van der Waals surface area contributed by atoms with Gasteiger partial charge in [0.25, 0.3) is 0 Å². The van der Waals surface area contributed by atoms with E-state index in [1.807, 2.05) is 22.6 Å². The van der Waals surface area contributed by atoms with E-state index in [0.29, 0.717) is 16.1 Å². The highest BCUT2D eigenvalue weighted by Crippen LogP contribution is 2.26. The van der Waals surface area contributed by atoms with Crippen molar-refractivity contribution in [1.82, 2.24) is 9.55 Å². The van der Waals surface area contributed by atoms with Gasteiger partial charge in [-0.1, -0.05) is 11.6 Å². The molecule has 74 valence electrons. The molecular formula is C8H4ClF2IN2. The number of alkyl halides is 2. The lowest BCUT2D eigenvalue weighted by molar-refractivity contribution is 0.0746. The monoisotopic (exact) mass is 328 g/mol. The van der Waals surface area contributed by atoms with Crippen LogP contribution in [0.4, 0.5) is 8.78 Å². The zero-order chi connectivity index (χ0) is 10.3. The van der Waals surface area contributed by atoms with E-state index in [1.165, 1.54) is 0 Å². The maximum absolute atomic E-state index is 12.5. The number of imidazole rings is 1. The third kappa shape index (κ3) is 1.58. The van der Waals surface area contributed by atoms with Crippen LogP contribution >= 0.6 is 34.2 Å². The van der Waals surface area contributed by atoms with Crippen molar-refractivity contribution in [2.24, 2.45) is 0 Å². The number of rotatable bonds is 1. The minimum atomic E-state index is -2.57. The minimum absolute atomic E-state index is 0.397. The standard InChI is InChI=1S/C8H4ClF2IN2/c9-4-1-6-7(2-5(4)12)14(3-13-6)8(10)11/h1-3,8H. The van der Waals surface area contributed by atoms with Crippen LogP contribution in [0.15, 0.2) is 18.5 Å². The minimum Gasteiger partial charge on any atom is -0.273 e. The lowest BCUT2D eigenvalue weighted by Gasteiger charge is -2.02. The Bertz CT molecular complexity index is 483. The Balaban J connectivity index is 2.74. The van der Waals surface area contributed by atoms with E-state index >= 15 is 0 Å². The lowest BCUT2D eigenvalue weighted by atomic mass is 10.3. The fraction of sp³-hybridized carbons (Fsp3) is 0.125. The van der Waals surface area contributed by atoms with Crippen LogP contribution in [-0.4, -0.2) is 9.55 Å². The molecule has 0 spiro atoms. The van der Waals surface area contributed by atoms with Crippen LogP contribution in [0.2, 0.25) is 5.02 Å². The molecule has 0 bridgehead atoms. The van der Waals surface area contributed by atoms with Crippen LogP contribution in [0, 0.1) is 3.57 Å². The molecule has 0 N–H and O–H groups in total. The largest absolute Gasteiger partial charge is 0.320 e. The Morgan fingerprint density at radius 1 is 1.43 bits per heavy atom. The van der Waals surface area contributed by atoms with Gasteiger partial charge in [0.1, 0.15) is 6.33 Å². The Labute approximate surface area is 97.0 Å². The molecule has 0 radical (unpaired) electrons. The van der Waals surface area contributed by atoms with Crippen LogP contribution in [0.25, 0.3) is 11.0 Å².